The molecule has 3 N–H and O–H groups in total. The first-order valence-corrected chi connectivity index (χ1v) is 10.8. The molecule has 1 aromatic carbocycles. The standard InChI is InChI=1S/C18H30N4O2S.HI/c1-2-22-12-6-10-17(22)14-21-18(19)20-11-7-13-25(23,24)15-16-8-4-3-5-9-16;/h3-5,8-9,17H,2,6-7,10-15H2,1H3,(H3,19,20,21);1H. The van der Waals surface area contributed by atoms with Crippen molar-refractivity contribution in [2.24, 2.45) is 10.7 Å². The Bertz CT molecular complexity index is 652. The Kier molecular flexibility index (Phi) is 10.5. The number of hydrogen-bond acceptors (Lipinski definition) is 4. The number of likely N-dealkylation sites (N-methyl/N-ethyl adjacent to an activating group) is 1. The van der Waals surface area contributed by atoms with Crippen LogP contribution in [0.15, 0.2) is 35.3 Å². The first kappa shape index (κ1) is 23.2. The molecule has 6 nitrogen and oxygen atoms in total. The van der Waals surface area contributed by atoms with Crippen LogP contribution in [0, 0.1) is 0 Å². The van der Waals surface area contributed by atoms with Crippen molar-refractivity contribution in [1.82, 2.24) is 10.2 Å². The Hall–Kier alpha value is -0.870. The van der Waals surface area contributed by atoms with Gasteiger partial charge in [0.15, 0.2) is 15.8 Å². The Morgan fingerprint density at radius 2 is 2.08 bits per heavy atom. The van der Waals surface area contributed by atoms with E-state index in [1.807, 2.05) is 30.3 Å². The third-order valence-electron chi connectivity index (χ3n) is 4.55. The minimum Gasteiger partial charge on any atom is -0.370 e. The van der Waals surface area contributed by atoms with Crippen molar-refractivity contribution in [2.75, 3.05) is 31.9 Å². The maximum atomic E-state index is 12.1. The maximum absolute atomic E-state index is 12.1. The summed E-state index contributed by atoms with van der Waals surface area (Å²) in [7, 11) is -3.10. The summed E-state index contributed by atoms with van der Waals surface area (Å²) in [5.41, 5.74) is 6.71. The average molecular weight is 494 g/mol. The fourth-order valence-electron chi connectivity index (χ4n) is 3.19. The number of likely N-dealkylation sites (tertiary alicyclic amines) is 1. The topological polar surface area (TPSA) is 87.8 Å². The molecule has 1 heterocycles. The fraction of sp³-hybridized carbons (Fsp3) is 0.611. The Labute approximate surface area is 174 Å². The van der Waals surface area contributed by atoms with E-state index in [-0.39, 0.29) is 35.5 Å². The average Bonchev–Trinajstić information content (AvgIpc) is 3.05. The maximum Gasteiger partial charge on any atom is 0.188 e. The minimum atomic E-state index is -3.10. The molecule has 2 rings (SSSR count). The normalized spacial score (nSPS) is 18.5. The van der Waals surface area contributed by atoms with Crippen molar-refractivity contribution in [1.29, 1.82) is 0 Å². The molecule has 0 spiro atoms. The zero-order chi connectivity index (χ0) is 18.1. The summed E-state index contributed by atoms with van der Waals surface area (Å²) in [5, 5.41) is 3.02. The second-order valence-electron chi connectivity index (χ2n) is 6.51. The summed E-state index contributed by atoms with van der Waals surface area (Å²) in [6.07, 6.45) is 2.92. The molecule has 1 aliphatic rings. The molecule has 1 aromatic rings. The van der Waals surface area contributed by atoms with Crippen molar-refractivity contribution in [2.45, 2.75) is 38.0 Å². The largest absolute Gasteiger partial charge is 0.370 e. The summed E-state index contributed by atoms with van der Waals surface area (Å²) < 4.78 is 24.2. The predicted octanol–water partition coefficient (Wildman–Crippen LogP) is 2.00. The summed E-state index contributed by atoms with van der Waals surface area (Å²) in [6.45, 7) is 5.58. The van der Waals surface area contributed by atoms with Gasteiger partial charge >= 0.3 is 0 Å². The monoisotopic (exact) mass is 494 g/mol. The predicted molar refractivity (Wildman–Crippen MR) is 119 cm³/mol. The van der Waals surface area contributed by atoms with E-state index in [0.29, 0.717) is 31.5 Å². The van der Waals surface area contributed by atoms with Gasteiger partial charge in [0.1, 0.15) is 0 Å². The van der Waals surface area contributed by atoms with E-state index in [2.05, 4.69) is 22.1 Å². The number of nitrogens with zero attached hydrogens (tertiary/aromatic N) is 2. The van der Waals surface area contributed by atoms with Crippen molar-refractivity contribution in [3.05, 3.63) is 35.9 Å². The van der Waals surface area contributed by atoms with Crippen LogP contribution in [0.1, 0.15) is 31.7 Å². The second-order valence-corrected chi connectivity index (χ2v) is 8.69. The molecule has 0 aromatic heterocycles. The SMILES string of the molecule is CCN1CCCC1CN=C(N)NCCCS(=O)(=O)Cc1ccccc1.I. The first-order valence-electron chi connectivity index (χ1n) is 9.02. The summed E-state index contributed by atoms with van der Waals surface area (Å²) in [6, 6.07) is 9.75. The number of hydrogen-bond donors (Lipinski definition) is 2. The molecule has 148 valence electrons. The van der Waals surface area contributed by atoms with E-state index >= 15 is 0 Å². The van der Waals surface area contributed by atoms with Crippen LogP contribution in [0.5, 0.6) is 0 Å². The van der Waals surface area contributed by atoms with Gasteiger partial charge in [0, 0.05) is 12.6 Å². The summed E-state index contributed by atoms with van der Waals surface area (Å²) in [5.74, 6) is 0.642. The van der Waals surface area contributed by atoms with Crippen LogP contribution >= 0.6 is 24.0 Å². The molecule has 1 atom stereocenters. The molecule has 26 heavy (non-hydrogen) atoms. The van der Waals surface area contributed by atoms with Crippen molar-refractivity contribution in [3.63, 3.8) is 0 Å². The zero-order valence-electron chi connectivity index (χ0n) is 15.4. The van der Waals surface area contributed by atoms with E-state index in [9.17, 15) is 8.42 Å². The molecular weight excluding hydrogens is 463 g/mol. The van der Waals surface area contributed by atoms with E-state index in [1.165, 1.54) is 12.8 Å². The Morgan fingerprint density at radius 3 is 2.77 bits per heavy atom. The summed E-state index contributed by atoms with van der Waals surface area (Å²) >= 11 is 0. The van der Waals surface area contributed by atoms with Crippen molar-refractivity contribution in [3.8, 4) is 0 Å². The van der Waals surface area contributed by atoms with E-state index in [0.717, 1.165) is 18.7 Å². The Morgan fingerprint density at radius 1 is 1.35 bits per heavy atom. The van der Waals surface area contributed by atoms with Gasteiger partial charge in [-0.2, -0.15) is 0 Å². The Balaban J connectivity index is 0.00000338. The molecular formula is C18H31IN4O2S. The van der Waals surface area contributed by atoms with E-state index in [1.54, 1.807) is 0 Å². The lowest BCUT2D eigenvalue weighted by Gasteiger charge is -2.20. The van der Waals surface area contributed by atoms with Gasteiger partial charge < -0.3 is 11.1 Å². The highest BCUT2D eigenvalue weighted by Gasteiger charge is 2.22. The van der Waals surface area contributed by atoms with Gasteiger partial charge in [-0.15, -0.1) is 24.0 Å². The van der Waals surface area contributed by atoms with Crippen LogP contribution in [-0.4, -0.2) is 57.3 Å². The van der Waals surface area contributed by atoms with Gasteiger partial charge in [0.05, 0.1) is 18.1 Å². The number of aliphatic imine (C=N–C) groups is 1. The number of benzene rings is 1. The zero-order valence-corrected chi connectivity index (χ0v) is 18.6. The molecule has 1 saturated heterocycles. The van der Waals surface area contributed by atoms with Gasteiger partial charge in [0.2, 0.25) is 0 Å². The van der Waals surface area contributed by atoms with Crippen LogP contribution < -0.4 is 11.1 Å². The summed E-state index contributed by atoms with van der Waals surface area (Å²) in [4.78, 5) is 6.82. The number of nitrogens with two attached hydrogens (primary N) is 1. The third kappa shape index (κ3) is 8.22. The highest BCUT2D eigenvalue weighted by molar-refractivity contribution is 14.0. The molecule has 1 fully saturated rings. The highest BCUT2D eigenvalue weighted by atomic mass is 127. The smallest absolute Gasteiger partial charge is 0.188 e. The van der Waals surface area contributed by atoms with Gasteiger partial charge in [-0.25, -0.2) is 8.42 Å². The third-order valence-corrected chi connectivity index (χ3v) is 6.23. The number of sulfone groups is 1. The molecule has 1 aliphatic heterocycles. The van der Waals surface area contributed by atoms with Gasteiger partial charge in [-0.1, -0.05) is 37.3 Å². The van der Waals surface area contributed by atoms with Gasteiger partial charge in [-0.05, 0) is 37.9 Å². The van der Waals surface area contributed by atoms with Crippen molar-refractivity contribution >= 4 is 39.8 Å². The fourth-order valence-corrected chi connectivity index (χ4v) is 4.62. The lowest BCUT2D eigenvalue weighted by atomic mass is 10.2. The molecule has 0 saturated carbocycles. The quantitative estimate of drug-likeness (QED) is 0.237. The van der Waals surface area contributed by atoms with Gasteiger partial charge in [0.25, 0.3) is 0 Å². The van der Waals surface area contributed by atoms with Crippen LogP contribution in [0.25, 0.3) is 0 Å². The van der Waals surface area contributed by atoms with Gasteiger partial charge in [-0.3, -0.25) is 9.89 Å². The van der Waals surface area contributed by atoms with Crippen LogP contribution in [0.3, 0.4) is 0 Å². The minimum absolute atomic E-state index is 0. The van der Waals surface area contributed by atoms with Crippen LogP contribution in [0.2, 0.25) is 0 Å². The first-order chi connectivity index (χ1) is 12.0. The molecule has 0 aliphatic carbocycles. The number of nitrogens with one attached hydrogen (secondary N) is 1. The van der Waals surface area contributed by atoms with Crippen molar-refractivity contribution < 1.29 is 8.42 Å². The lowest BCUT2D eigenvalue weighted by Crippen LogP contribution is -2.36. The molecule has 0 bridgehead atoms. The highest BCUT2D eigenvalue weighted by Crippen LogP contribution is 2.16. The second kappa shape index (κ2) is 11.8. The van der Waals surface area contributed by atoms with Crippen LogP contribution in [-0.2, 0) is 15.6 Å². The lowest BCUT2D eigenvalue weighted by molar-refractivity contribution is 0.273. The molecule has 1 unspecified atom stereocenters. The van der Waals surface area contributed by atoms with E-state index < -0.39 is 9.84 Å². The number of rotatable bonds is 9. The van der Waals surface area contributed by atoms with E-state index in [4.69, 9.17) is 5.73 Å². The van der Waals surface area contributed by atoms with Crippen LogP contribution in [0.4, 0.5) is 0 Å². The number of guanidine groups is 1. The molecule has 0 amide bonds. The molecule has 0 radical (unpaired) electrons. The molecule has 8 heteroatoms. The number of halogens is 1.